The molecule has 0 spiro atoms. The molecule has 2 aromatic carbocycles. The number of rotatable bonds is 4. The first kappa shape index (κ1) is 19.4. The van der Waals surface area contributed by atoms with E-state index in [1.807, 2.05) is 6.20 Å². The van der Waals surface area contributed by atoms with Gasteiger partial charge < -0.3 is 19.5 Å². The van der Waals surface area contributed by atoms with Gasteiger partial charge in [0.05, 0.1) is 13.8 Å². The standard InChI is InChI=1S/C25H31N3O/c1-25(2,3)22-15-20(28-12-8-11-26-17-28)14-18(24(22)29-5)13-19-16-27(4)23-10-7-6-9-21(19)23/h6-11,14-16,26H,12-13,17H2,1-5H3. The van der Waals surface area contributed by atoms with Crippen LogP contribution in [0.15, 0.2) is 54.9 Å². The number of para-hydroxylation sites is 1. The molecule has 4 nitrogen and oxygen atoms in total. The molecular weight excluding hydrogens is 358 g/mol. The van der Waals surface area contributed by atoms with Gasteiger partial charge in [0.2, 0.25) is 0 Å². The number of ether oxygens (including phenoxy) is 1. The van der Waals surface area contributed by atoms with Crippen LogP contribution in [0.4, 0.5) is 5.69 Å². The molecule has 4 heteroatoms. The second kappa shape index (κ2) is 7.51. The van der Waals surface area contributed by atoms with Crippen LogP contribution in [0.2, 0.25) is 0 Å². The Bertz CT molecular complexity index is 1060. The number of nitrogens with zero attached hydrogens (tertiary/aromatic N) is 2. The molecule has 0 unspecified atom stereocenters. The van der Waals surface area contributed by atoms with E-state index in [-0.39, 0.29) is 5.41 Å². The monoisotopic (exact) mass is 389 g/mol. The summed E-state index contributed by atoms with van der Waals surface area (Å²) in [6.07, 6.45) is 7.29. The predicted molar refractivity (Wildman–Crippen MR) is 122 cm³/mol. The van der Waals surface area contributed by atoms with Gasteiger partial charge in [0.25, 0.3) is 0 Å². The maximum atomic E-state index is 5.98. The smallest absolute Gasteiger partial charge is 0.126 e. The number of fused-ring (bicyclic) bond motifs is 1. The van der Waals surface area contributed by atoms with Crippen LogP contribution in [0.1, 0.15) is 37.5 Å². The number of hydrogen-bond donors (Lipinski definition) is 1. The van der Waals surface area contributed by atoms with Crippen LogP contribution in [0.25, 0.3) is 10.9 Å². The number of methoxy groups -OCH3 is 1. The molecule has 0 saturated heterocycles. The quantitative estimate of drug-likeness (QED) is 0.684. The predicted octanol–water partition coefficient (Wildman–Crippen LogP) is 4.96. The third-order valence-corrected chi connectivity index (χ3v) is 5.73. The number of nitrogens with one attached hydrogen (secondary N) is 1. The van der Waals surface area contributed by atoms with Crippen LogP contribution in [0.3, 0.4) is 0 Å². The lowest BCUT2D eigenvalue weighted by molar-refractivity contribution is 0.393. The molecule has 1 aliphatic heterocycles. The van der Waals surface area contributed by atoms with Crippen molar-refractivity contribution >= 4 is 16.6 Å². The molecule has 0 atom stereocenters. The SMILES string of the molecule is COc1c(Cc2cn(C)c3ccccc23)cc(N2CC=CNC2)cc1C(C)(C)C. The zero-order chi connectivity index (χ0) is 20.6. The first-order chi connectivity index (χ1) is 13.9. The summed E-state index contributed by atoms with van der Waals surface area (Å²) < 4.78 is 8.19. The fourth-order valence-electron chi connectivity index (χ4n) is 4.24. The fraction of sp³-hybridized carbons (Fsp3) is 0.360. The van der Waals surface area contributed by atoms with Crippen molar-refractivity contribution in [2.45, 2.75) is 32.6 Å². The van der Waals surface area contributed by atoms with Crippen molar-refractivity contribution in [3.8, 4) is 5.75 Å². The molecule has 0 saturated carbocycles. The summed E-state index contributed by atoms with van der Waals surface area (Å²) in [4.78, 5) is 2.36. The Labute approximate surface area is 173 Å². The molecule has 3 aromatic rings. The second-order valence-corrected chi connectivity index (χ2v) is 8.88. The van der Waals surface area contributed by atoms with Crippen LogP contribution in [0, 0.1) is 0 Å². The lowest BCUT2D eigenvalue weighted by Gasteiger charge is -2.31. The van der Waals surface area contributed by atoms with Gasteiger partial charge >= 0.3 is 0 Å². The van der Waals surface area contributed by atoms with Crippen LogP contribution in [-0.4, -0.2) is 24.9 Å². The van der Waals surface area contributed by atoms with E-state index in [0.717, 1.165) is 25.4 Å². The Morgan fingerprint density at radius 1 is 1.10 bits per heavy atom. The highest BCUT2D eigenvalue weighted by molar-refractivity contribution is 5.84. The highest BCUT2D eigenvalue weighted by atomic mass is 16.5. The van der Waals surface area contributed by atoms with Crippen LogP contribution < -0.4 is 15.0 Å². The van der Waals surface area contributed by atoms with Gasteiger partial charge in [-0.15, -0.1) is 0 Å². The normalized spacial score (nSPS) is 14.3. The molecule has 2 heterocycles. The molecule has 0 radical (unpaired) electrons. The summed E-state index contributed by atoms with van der Waals surface area (Å²) in [6, 6.07) is 13.2. The summed E-state index contributed by atoms with van der Waals surface area (Å²) >= 11 is 0. The summed E-state index contributed by atoms with van der Waals surface area (Å²) in [6.45, 7) is 8.50. The highest BCUT2D eigenvalue weighted by Crippen LogP contribution is 2.39. The largest absolute Gasteiger partial charge is 0.496 e. The van der Waals surface area contributed by atoms with Crippen LogP contribution in [0.5, 0.6) is 5.75 Å². The Morgan fingerprint density at radius 2 is 1.90 bits per heavy atom. The number of aromatic nitrogens is 1. The van der Waals surface area contributed by atoms with Crippen molar-refractivity contribution < 1.29 is 4.74 Å². The number of benzene rings is 2. The zero-order valence-electron chi connectivity index (χ0n) is 18.1. The molecule has 0 amide bonds. The fourth-order valence-corrected chi connectivity index (χ4v) is 4.24. The van der Waals surface area contributed by atoms with E-state index < -0.39 is 0 Å². The van der Waals surface area contributed by atoms with E-state index >= 15 is 0 Å². The summed E-state index contributed by atoms with van der Waals surface area (Å²) in [5.41, 5.74) is 6.31. The van der Waals surface area contributed by atoms with Crippen molar-refractivity contribution in [2.75, 3.05) is 25.2 Å². The van der Waals surface area contributed by atoms with Crippen molar-refractivity contribution in [3.63, 3.8) is 0 Å². The highest BCUT2D eigenvalue weighted by Gasteiger charge is 2.24. The third kappa shape index (κ3) is 3.71. The lowest BCUT2D eigenvalue weighted by Crippen LogP contribution is -2.35. The van der Waals surface area contributed by atoms with E-state index in [1.165, 1.54) is 33.3 Å². The molecular formula is C25H31N3O. The molecule has 1 N–H and O–H groups in total. The van der Waals surface area contributed by atoms with Gasteiger partial charge in [-0.2, -0.15) is 0 Å². The van der Waals surface area contributed by atoms with E-state index in [9.17, 15) is 0 Å². The first-order valence-corrected chi connectivity index (χ1v) is 10.3. The number of aryl methyl sites for hydroxylation is 1. The third-order valence-electron chi connectivity index (χ3n) is 5.73. The Kier molecular flexibility index (Phi) is 5.03. The van der Waals surface area contributed by atoms with Gasteiger partial charge in [-0.1, -0.05) is 39.0 Å². The van der Waals surface area contributed by atoms with Crippen LogP contribution >= 0.6 is 0 Å². The van der Waals surface area contributed by atoms with Gasteiger partial charge in [0.15, 0.2) is 0 Å². The summed E-state index contributed by atoms with van der Waals surface area (Å²) in [5.74, 6) is 1.01. The lowest BCUT2D eigenvalue weighted by atomic mass is 9.83. The second-order valence-electron chi connectivity index (χ2n) is 8.88. The number of hydrogen-bond acceptors (Lipinski definition) is 3. The zero-order valence-corrected chi connectivity index (χ0v) is 18.1. The topological polar surface area (TPSA) is 29.4 Å². The van der Waals surface area contributed by atoms with E-state index in [2.05, 4.69) is 91.3 Å². The van der Waals surface area contributed by atoms with Crippen LogP contribution in [-0.2, 0) is 18.9 Å². The Balaban J connectivity index is 1.85. The van der Waals surface area contributed by atoms with E-state index in [0.29, 0.717) is 0 Å². The summed E-state index contributed by atoms with van der Waals surface area (Å²) in [7, 11) is 3.91. The Hall–Kier alpha value is -2.88. The molecule has 4 rings (SSSR count). The van der Waals surface area contributed by atoms with E-state index in [4.69, 9.17) is 4.74 Å². The minimum absolute atomic E-state index is 0.00604. The van der Waals surface area contributed by atoms with Crippen molar-refractivity contribution in [3.05, 3.63) is 71.6 Å². The first-order valence-electron chi connectivity index (χ1n) is 10.3. The van der Waals surface area contributed by atoms with E-state index in [1.54, 1.807) is 7.11 Å². The van der Waals surface area contributed by atoms with Crippen molar-refractivity contribution in [1.29, 1.82) is 0 Å². The van der Waals surface area contributed by atoms with Gasteiger partial charge in [-0.25, -0.2) is 0 Å². The molecule has 0 aliphatic carbocycles. The Morgan fingerprint density at radius 3 is 2.59 bits per heavy atom. The minimum Gasteiger partial charge on any atom is -0.496 e. The van der Waals surface area contributed by atoms with Crippen molar-refractivity contribution in [2.24, 2.45) is 7.05 Å². The van der Waals surface area contributed by atoms with Crippen molar-refractivity contribution in [1.82, 2.24) is 9.88 Å². The molecule has 152 valence electrons. The molecule has 29 heavy (non-hydrogen) atoms. The van der Waals surface area contributed by atoms with Gasteiger partial charge in [-0.3, -0.25) is 0 Å². The average Bonchev–Trinajstić information content (AvgIpc) is 3.03. The molecule has 1 aliphatic rings. The average molecular weight is 390 g/mol. The van der Waals surface area contributed by atoms with Gasteiger partial charge in [0, 0.05) is 53.9 Å². The van der Waals surface area contributed by atoms with Gasteiger partial charge in [-0.05, 0) is 41.5 Å². The minimum atomic E-state index is -0.00604. The maximum absolute atomic E-state index is 5.98. The molecule has 0 bridgehead atoms. The molecule has 0 fully saturated rings. The summed E-state index contributed by atoms with van der Waals surface area (Å²) in [5, 5.41) is 4.64. The van der Waals surface area contributed by atoms with Gasteiger partial charge in [0.1, 0.15) is 5.75 Å². The molecule has 1 aromatic heterocycles. The number of anilines is 1. The maximum Gasteiger partial charge on any atom is 0.126 e.